The first-order chi connectivity index (χ1) is 9.60. The van der Waals surface area contributed by atoms with Crippen molar-refractivity contribution in [1.29, 1.82) is 0 Å². The molecule has 0 spiro atoms. The summed E-state index contributed by atoms with van der Waals surface area (Å²) >= 11 is 1.21. The molecule has 0 unspecified atom stereocenters. The van der Waals surface area contributed by atoms with Gasteiger partial charge in [0.1, 0.15) is 10.8 Å². The lowest BCUT2D eigenvalue weighted by Crippen LogP contribution is -2.14. The number of rotatable bonds is 2. The zero-order valence-electron chi connectivity index (χ0n) is 10.6. The monoisotopic (exact) mass is 290 g/mol. The van der Waals surface area contributed by atoms with Gasteiger partial charge in [-0.05, 0) is 25.1 Å². The number of nitrogens with two attached hydrogens (primary N) is 1. The zero-order chi connectivity index (χ0) is 14.5. The van der Waals surface area contributed by atoms with Crippen LogP contribution in [0.4, 0.5) is 9.52 Å². The Hall–Kier alpha value is -2.30. The van der Waals surface area contributed by atoms with Crippen molar-refractivity contribution in [3.63, 3.8) is 0 Å². The minimum Gasteiger partial charge on any atom is -0.320 e. The van der Waals surface area contributed by atoms with Crippen molar-refractivity contribution in [3.8, 4) is 11.8 Å². The van der Waals surface area contributed by atoms with Crippen LogP contribution in [0.3, 0.4) is 0 Å². The smallest absolute Gasteiger partial charge is 0.260 e. The summed E-state index contributed by atoms with van der Waals surface area (Å²) in [6.45, 7) is 1.96. The third-order valence-corrected chi connectivity index (χ3v) is 3.05. The van der Waals surface area contributed by atoms with Crippen LogP contribution in [0.15, 0.2) is 18.2 Å². The predicted molar refractivity (Wildman–Crippen MR) is 74.9 cm³/mol. The number of benzene rings is 1. The van der Waals surface area contributed by atoms with Crippen LogP contribution in [0.25, 0.3) is 0 Å². The second kappa shape index (κ2) is 6.23. The molecule has 0 atom stereocenters. The molecule has 3 N–H and O–H groups in total. The van der Waals surface area contributed by atoms with E-state index >= 15 is 0 Å². The van der Waals surface area contributed by atoms with Crippen molar-refractivity contribution >= 4 is 22.4 Å². The molecule has 5 nitrogen and oxygen atoms in total. The number of aromatic nitrogens is 2. The van der Waals surface area contributed by atoms with Gasteiger partial charge in [0.2, 0.25) is 5.13 Å². The molecule has 0 aliphatic rings. The largest absolute Gasteiger partial charge is 0.320 e. The van der Waals surface area contributed by atoms with Gasteiger partial charge < -0.3 is 5.73 Å². The highest BCUT2D eigenvalue weighted by molar-refractivity contribution is 7.15. The van der Waals surface area contributed by atoms with Crippen LogP contribution >= 0.6 is 11.3 Å². The molecule has 0 saturated carbocycles. The first kappa shape index (κ1) is 14.1. The first-order valence-corrected chi connectivity index (χ1v) is 6.51. The maximum Gasteiger partial charge on any atom is 0.260 e. The van der Waals surface area contributed by atoms with Gasteiger partial charge in [-0.25, -0.2) is 4.39 Å². The fraction of sp³-hybridized carbons (Fsp3) is 0.154. The van der Waals surface area contributed by atoms with E-state index in [-0.39, 0.29) is 12.1 Å². The Bertz CT molecular complexity index is 702. The van der Waals surface area contributed by atoms with E-state index in [0.717, 1.165) is 0 Å². The Kier molecular flexibility index (Phi) is 4.40. The second-order valence-electron chi connectivity index (χ2n) is 3.78. The number of nitrogens with one attached hydrogen (secondary N) is 1. The molecule has 0 bridgehead atoms. The summed E-state index contributed by atoms with van der Waals surface area (Å²) in [5.41, 5.74) is 5.70. The molecule has 7 heteroatoms. The van der Waals surface area contributed by atoms with E-state index < -0.39 is 11.7 Å². The topological polar surface area (TPSA) is 80.9 Å². The molecular formula is C13H11FN4OS. The summed E-state index contributed by atoms with van der Waals surface area (Å²) in [6, 6.07) is 4.06. The maximum atomic E-state index is 13.7. The molecular weight excluding hydrogens is 279 g/mol. The molecule has 0 fully saturated rings. The molecule has 102 valence electrons. The molecule has 0 aliphatic carbocycles. The van der Waals surface area contributed by atoms with E-state index in [1.165, 1.54) is 29.5 Å². The van der Waals surface area contributed by atoms with Crippen LogP contribution < -0.4 is 11.1 Å². The summed E-state index contributed by atoms with van der Waals surface area (Å²) in [5, 5.41) is 11.1. The van der Waals surface area contributed by atoms with Gasteiger partial charge in [-0.2, -0.15) is 0 Å². The number of nitrogens with zero attached hydrogens (tertiary/aromatic N) is 2. The van der Waals surface area contributed by atoms with Crippen LogP contribution in [-0.2, 0) is 0 Å². The second-order valence-corrected chi connectivity index (χ2v) is 4.96. The highest BCUT2D eigenvalue weighted by Gasteiger charge is 2.14. The SMILES string of the molecule is Cc1nnc(NC(=O)c2cc(C#CCN)ccc2F)s1. The minimum atomic E-state index is -0.623. The summed E-state index contributed by atoms with van der Waals surface area (Å²) in [5.74, 6) is 4.18. The summed E-state index contributed by atoms with van der Waals surface area (Å²) in [7, 11) is 0. The van der Waals surface area contributed by atoms with Crippen molar-refractivity contribution in [2.45, 2.75) is 6.92 Å². The first-order valence-electron chi connectivity index (χ1n) is 5.70. The predicted octanol–water partition coefficient (Wildman–Crippen LogP) is 1.55. The minimum absolute atomic E-state index is 0.0957. The normalized spacial score (nSPS) is 9.75. The van der Waals surface area contributed by atoms with Crippen LogP contribution in [0.5, 0.6) is 0 Å². The van der Waals surface area contributed by atoms with Crippen molar-refractivity contribution in [3.05, 3.63) is 40.2 Å². The molecule has 0 aliphatic heterocycles. The van der Waals surface area contributed by atoms with Gasteiger partial charge in [-0.15, -0.1) is 10.2 Å². The summed E-state index contributed by atoms with van der Waals surface area (Å²) in [6.07, 6.45) is 0. The number of hydrogen-bond donors (Lipinski definition) is 2. The molecule has 0 radical (unpaired) electrons. The van der Waals surface area contributed by atoms with Crippen molar-refractivity contribution in [2.75, 3.05) is 11.9 Å². The Morgan fingerprint density at radius 2 is 2.30 bits per heavy atom. The molecule has 1 heterocycles. The van der Waals surface area contributed by atoms with Gasteiger partial charge in [0.05, 0.1) is 12.1 Å². The number of hydrogen-bond acceptors (Lipinski definition) is 5. The van der Waals surface area contributed by atoms with E-state index in [1.54, 1.807) is 6.92 Å². The third kappa shape index (κ3) is 3.38. The fourth-order valence-corrected chi connectivity index (χ4v) is 2.03. The van der Waals surface area contributed by atoms with Crippen molar-refractivity contribution in [1.82, 2.24) is 10.2 Å². The molecule has 0 saturated heterocycles. The standard InChI is InChI=1S/C13H11FN4OS/c1-8-17-18-13(20-8)16-12(19)10-7-9(3-2-6-15)4-5-11(10)14/h4-5,7H,6,15H2,1H3,(H,16,18,19). The highest BCUT2D eigenvalue weighted by atomic mass is 32.1. The van der Waals surface area contributed by atoms with Crippen LogP contribution in [0, 0.1) is 24.6 Å². The van der Waals surface area contributed by atoms with Crippen LogP contribution in [0.1, 0.15) is 20.9 Å². The van der Waals surface area contributed by atoms with Crippen molar-refractivity contribution in [2.24, 2.45) is 5.73 Å². The lowest BCUT2D eigenvalue weighted by Gasteiger charge is -2.03. The third-order valence-electron chi connectivity index (χ3n) is 2.29. The van der Waals surface area contributed by atoms with Crippen molar-refractivity contribution < 1.29 is 9.18 Å². The molecule has 1 amide bonds. The molecule has 1 aromatic heterocycles. The van der Waals surface area contributed by atoms with E-state index in [0.29, 0.717) is 15.7 Å². The Labute approximate surface area is 119 Å². The van der Waals surface area contributed by atoms with E-state index in [2.05, 4.69) is 27.4 Å². The van der Waals surface area contributed by atoms with Gasteiger partial charge in [0.15, 0.2) is 0 Å². The van der Waals surface area contributed by atoms with Gasteiger partial charge in [0.25, 0.3) is 5.91 Å². The number of aryl methyl sites for hydroxylation is 1. The lowest BCUT2D eigenvalue weighted by molar-refractivity contribution is 0.102. The van der Waals surface area contributed by atoms with Crippen LogP contribution in [-0.4, -0.2) is 22.6 Å². The molecule has 20 heavy (non-hydrogen) atoms. The summed E-state index contributed by atoms with van der Waals surface area (Å²) < 4.78 is 13.7. The number of halogens is 1. The lowest BCUT2D eigenvalue weighted by atomic mass is 10.1. The number of carbonyl (C=O) groups is 1. The molecule has 2 aromatic rings. The van der Waals surface area contributed by atoms with E-state index in [1.807, 2.05) is 0 Å². The Balaban J connectivity index is 2.24. The number of anilines is 1. The molecule has 2 rings (SSSR count). The average molecular weight is 290 g/mol. The van der Waals surface area contributed by atoms with Gasteiger partial charge >= 0.3 is 0 Å². The average Bonchev–Trinajstić information content (AvgIpc) is 2.83. The van der Waals surface area contributed by atoms with Gasteiger partial charge in [0, 0.05) is 5.56 Å². The number of carbonyl (C=O) groups excluding carboxylic acids is 1. The van der Waals surface area contributed by atoms with E-state index in [9.17, 15) is 9.18 Å². The maximum absolute atomic E-state index is 13.7. The number of amides is 1. The quantitative estimate of drug-likeness (QED) is 0.822. The Morgan fingerprint density at radius 3 is 2.95 bits per heavy atom. The summed E-state index contributed by atoms with van der Waals surface area (Å²) in [4.78, 5) is 12.0. The van der Waals surface area contributed by atoms with E-state index in [4.69, 9.17) is 5.73 Å². The molecule has 1 aromatic carbocycles. The highest BCUT2D eigenvalue weighted by Crippen LogP contribution is 2.17. The van der Waals surface area contributed by atoms with Gasteiger partial charge in [-0.1, -0.05) is 23.2 Å². The fourth-order valence-electron chi connectivity index (χ4n) is 1.44. The Morgan fingerprint density at radius 1 is 1.50 bits per heavy atom. The van der Waals surface area contributed by atoms with Crippen LogP contribution in [0.2, 0.25) is 0 Å². The zero-order valence-corrected chi connectivity index (χ0v) is 11.4. The van der Waals surface area contributed by atoms with Gasteiger partial charge in [-0.3, -0.25) is 10.1 Å².